The quantitative estimate of drug-likeness (QED) is 0.519. The molecule has 2 amide bonds. The van der Waals surface area contributed by atoms with Gasteiger partial charge >= 0.3 is 0 Å². The van der Waals surface area contributed by atoms with Gasteiger partial charge in [-0.25, -0.2) is 0 Å². The summed E-state index contributed by atoms with van der Waals surface area (Å²) in [5.74, 6) is -0.309. The second kappa shape index (κ2) is 9.06. The lowest BCUT2D eigenvalue weighted by atomic mass is 10.2. The lowest BCUT2D eigenvalue weighted by Gasteiger charge is -2.07. The molecule has 0 bridgehead atoms. The van der Waals surface area contributed by atoms with Gasteiger partial charge < -0.3 is 21.5 Å². The fourth-order valence-electron chi connectivity index (χ4n) is 1.63. The van der Waals surface area contributed by atoms with Crippen molar-refractivity contribution in [3.63, 3.8) is 0 Å². The van der Waals surface area contributed by atoms with Crippen LogP contribution in [0.2, 0.25) is 0 Å². The molecule has 0 heterocycles. The largest absolute Gasteiger partial charge is 0.395 e. The Morgan fingerprint density at radius 2 is 1.85 bits per heavy atom. The Kier molecular flexibility index (Phi) is 7.31. The topological polar surface area (TPSA) is 104 Å². The van der Waals surface area contributed by atoms with E-state index in [1.807, 2.05) is 0 Å². The summed E-state index contributed by atoms with van der Waals surface area (Å²) >= 11 is 0. The standard InChI is InChI=1S/C14H21N3O3/c15-8-2-1-3-13(19)17-12-6-4-11(5-7-12)14(20)16-9-10-18/h4-7,18H,1-3,8-10,15H2,(H,16,20)(H,17,19). The predicted octanol–water partition coefficient (Wildman–Crippen LogP) is 0.476. The summed E-state index contributed by atoms with van der Waals surface area (Å²) in [6.07, 6.45) is 2.04. The van der Waals surface area contributed by atoms with Gasteiger partial charge in [-0.05, 0) is 43.7 Å². The Morgan fingerprint density at radius 1 is 1.15 bits per heavy atom. The zero-order valence-corrected chi connectivity index (χ0v) is 11.4. The van der Waals surface area contributed by atoms with Crippen LogP contribution in [0.1, 0.15) is 29.6 Å². The summed E-state index contributed by atoms with van der Waals surface area (Å²) in [7, 11) is 0. The predicted molar refractivity (Wildman–Crippen MR) is 77.4 cm³/mol. The first-order valence-corrected chi connectivity index (χ1v) is 6.66. The number of nitrogens with two attached hydrogens (primary N) is 1. The van der Waals surface area contributed by atoms with Crippen molar-refractivity contribution in [3.05, 3.63) is 29.8 Å². The molecule has 1 aromatic rings. The molecular formula is C14H21N3O3. The summed E-state index contributed by atoms with van der Waals surface area (Å²) < 4.78 is 0. The molecule has 0 unspecified atom stereocenters. The van der Waals surface area contributed by atoms with Gasteiger partial charge in [0, 0.05) is 24.2 Å². The molecule has 0 aliphatic heterocycles. The number of unbranched alkanes of at least 4 members (excludes halogenated alkanes) is 1. The van der Waals surface area contributed by atoms with Gasteiger partial charge in [0.15, 0.2) is 0 Å². The van der Waals surface area contributed by atoms with Gasteiger partial charge in [0.1, 0.15) is 0 Å². The van der Waals surface area contributed by atoms with Crippen LogP contribution in [0.3, 0.4) is 0 Å². The minimum absolute atomic E-state index is 0.0593. The molecular weight excluding hydrogens is 258 g/mol. The second-order valence-corrected chi connectivity index (χ2v) is 4.35. The Hall–Kier alpha value is -1.92. The lowest BCUT2D eigenvalue weighted by molar-refractivity contribution is -0.116. The summed E-state index contributed by atoms with van der Waals surface area (Å²) in [6, 6.07) is 6.60. The maximum absolute atomic E-state index is 11.6. The van der Waals surface area contributed by atoms with Crippen molar-refractivity contribution in [1.82, 2.24) is 5.32 Å². The van der Waals surface area contributed by atoms with Crippen LogP contribution in [-0.2, 0) is 4.79 Å². The molecule has 0 spiro atoms. The van der Waals surface area contributed by atoms with Crippen LogP contribution in [0.25, 0.3) is 0 Å². The van der Waals surface area contributed by atoms with Crippen LogP contribution in [0.5, 0.6) is 0 Å². The fourth-order valence-corrected chi connectivity index (χ4v) is 1.63. The highest BCUT2D eigenvalue weighted by molar-refractivity contribution is 5.95. The second-order valence-electron chi connectivity index (χ2n) is 4.35. The van der Waals surface area contributed by atoms with E-state index >= 15 is 0 Å². The van der Waals surface area contributed by atoms with E-state index < -0.39 is 0 Å². The molecule has 20 heavy (non-hydrogen) atoms. The molecule has 1 aromatic carbocycles. The minimum Gasteiger partial charge on any atom is -0.395 e. The molecule has 5 N–H and O–H groups in total. The molecule has 6 heteroatoms. The van der Waals surface area contributed by atoms with E-state index in [0.717, 1.165) is 12.8 Å². The summed E-state index contributed by atoms with van der Waals surface area (Å²) in [6.45, 7) is 0.714. The van der Waals surface area contributed by atoms with E-state index in [1.165, 1.54) is 0 Å². The average molecular weight is 279 g/mol. The Balaban J connectivity index is 2.45. The monoisotopic (exact) mass is 279 g/mol. The van der Waals surface area contributed by atoms with E-state index in [-0.39, 0.29) is 25.0 Å². The molecule has 0 atom stereocenters. The zero-order chi connectivity index (χ0) is 14.8. The number of rotatable bonds is 8. The minimum atomic E-state index is -0.250. The van der Waals surface area contributed by atoms with E-state index in [4.69, 9.17) is 10.8 Å². The smallest absolute Gasteiger partial charge is 0.251 e. The third-order valence-corrected chi connectivity index (χ3v) is 2.69. The van der Waals surface area contributed by atoms with E-state index in [0.29, 0.717) is 24.2 Å². The average Bonchev–Trinajstić information content (AvgIpc) is 2.46. The third-order valence-electron chi connectivity index (χ3n) is 2.69. The first-order valence-electron chi connectivity index (χ1n) is 6.66. The number of amides is 2. The van der Waals surface area contributed by atoms with Crippen molar-refractivity contribution < 1.29 is 14.7 Å². The number of carbonyl (C=O) groups excluding carboxylic acids is 2. The van der Waals surface area contributed by atoms with E-state index in [1.54, 1.807) is 24.3 Å². The summed E-state index contributed by atoms with van der Waals surface area (Å²) in [5, 5.41) is 13.9. The van der Waals surface area contributed by atoms with Crippen molar-refractivity contribution >= 4 is 17.5 Å². The van der Waals surface area contributed by atoms with Crippen LogP contribution in [0.4, 0.5) is 5.69 Å². The van der Waals surface area contributed by atoms with Crippen molar-refractivity contribution in [1.29, 1.82) is 0 Å². The molecule has 0 radical (unpaired) electrons. The SMILES string of the molecule is NCCCCC(=O)Nc1ccc(C(=O)NCCO)cc1. The van der Waals surface area contributed by atoms with Crippen LogP contribution in [0.15, 0.2) is 24.3 Å². The van der Waals surface area contributed by atoms with Gasteiger partial charge in [0.2, 0.25) is 5.91 Å². The van der Waals surface area contributed by atoms with Crippen LogP contribution in [-0.4, -0.2) is 36.6 Å². The van der Waals surface area contributed by atoms with Crippen LogP contribution in [0, 0.1) is 0 Å². The number of hydrogen-bond acceptors (Lipinski definition) is 4. The maximum Gasteiger partial charge on any atom is 0.251 e. The fraction of sp³-hybridized carbons (Fsp3) is 0.429. The molecule has 110 valence electrons. The first-order chi connectivity index (χ1) is 9.67. The Morgan fingerprint density at radius 3 is 2.45 bits per heavy atom. The number of aliphatic hydroxyl groups excluding tert-OH is 1. The number of benzene rings is 1. The number of aliphatic hydroxyl groups is 1. The molecule has 1 rings (SSSR count). The maximum atomic E-state index is 11.6. The number of anilines is 1. The molecule has 0 aromatic heterocycles. The summed E-state index contributed by atoms with van der Waals surface area (Å²) in [5.41, 5.74) is 6.50. The molecule has 0 fully saturated rings. The molecule has 0 saturated carbocycles. The third kappa shape index (κ3) is 5.81. The van der Waals surface area contributed by atoms with Gasteiger partial charge in [-0.15, -0.1) is 0 Å². The summed E-state index contributed by atoms with van der Waals surface area (Å²) in [4.78, 5) is 23.2. The Labute approximate surface area is 118 Å². The van der Waals surface area contributed by atoms with E-state index in [9.17, 15) is 9.59 Å². The van der Waals surface area contributed by atoms with Crippen molar-refractivity contribution in [3.8, 4) is 0 Å². The molecule has 0 aliphatic rings. The highest BCUT2D eigenvalue weighted by Crippen LogP contribution is 2.10. The number of hydrogen-bond donors (Lipinski definition) is 4. The molecule has 0 saturated heterocycles. The highest BCUT2D eigenvalue weighted by atomic mass is 16.3. The first kappa shape index (κ1) is 16.1. The number of carbonyl (C=O) groups is 2. The number of nitrogens with one attached hydrogen (secondary N) is 2. The van der Waals surface area contributed by atoms with Gasteiger partial charge in [0.05, 0.1) is 6.61 Å². The van der Waals surface area contributed by atoms with Gasteiger partial charge in [0.25, 0.3) is 5.91 Å². The lowest BCUT2D eigenvalue weighted by Crippen LogP contribution is -2.26. The van der Waals surface area contributed by atoms with Gasteiger partial charge in [-0.3, -0.25) is 9.59 Å². The molecule has 6 nitrogen and oxygen atoms in total. The highest BCUT2D eigenvalue weighted by Gasteiger charge is 2.06. The van der Waals surface area contributed by atoms with Crippen LogP contribution < -0.4 is 16.4 Å². The van der Waals surface area contributed by atoms with Crippen molar-refractivity contribution in [2.24, 2.45) is 5.73 Å². The van der Waals surface area contributed by atoms with Gasteiger partial charge in [-0.2, -0.15) is 0 Å². The van der Waals surface area contributed by atoms with E-state index in [2.05, 4.69) is 10.6 Å². The Bertz CT molecular complexity index is 432. The normalized spacial score (nSPS) is 10.1. The zero-order valence-electron chi connectivity index (χ0n) is 11.4. The van der Waals surface area contributed by atoms with Crippen molar-refractivity contribution in [2.75, 3.05) is 25.0 Å². The van der Waals surface area contributed by atoms with Crippen LogP contribution >= 0.6 is 0 Å². The van der Waals surface area contributed by atoms with Crippen molar-refractivity contribution in [2.45, 2.75) is 19.3 Å². The van der Waals surface area contributed by atoms with Gasteiger partial charge in [-0.1, -0.05) is 0 Å². The molecule has 0 aliphatic carbocycles.